The molecule has 0 aliphatic rings. The number of carboxylic acid groups (broad SMARTS) is 5. The van der Waals surface area contributed by atoms with E-state index in [-0.39, 0.29) is 41.7 Å². The van der Waals surface area contributed by atoms with E-state index in [1.54, 1.807) is 19.1 Å². The van der Waals surface area contributed by atoms with E-state index in [2.05, 4.69) is 0 Å². The molecule has 204 valence electrons. The lowest BCUT2D eigenvalue weighted by Gasteiger charge is -2.25. The number of hydrogen-bond acceptors (Lipinski definition) is 9. The Labute approximate surface area is 215 Å². The number of nitrogens with zero attached hydrogens (tertiary/aromatic N) is 2. The van der Waals surface area contributed by atoms with Crippen molar-refractivity contribution in [1.29, 1.82) is 0 Å². The zero-order chi connectivity index (χ0) is 28.4. The molecule has 0 spiro atoms. The monoisotopic (exact) mass is 534 g/mol. The summed E-state index contributed by atoms with van der Waals surface area (Å²) in [5.74, 6) is -6.35. The van der Waals surface area contributed by atoms with Crippen LogP contribution in [0.1, 0.15) is 15.9 Å². The molecular formula is C24H26N2O12. The van der Waals surface area contributed by atoms with E-state index >= 15 is 0 Å². The van der Waals surface area contributed by atoms with E-state index < -0.39 is 56.0 Å². The fourth-order valence-electron chi connectivity index (χ4n) is 3.43. The lowest BCUT2D eigenvalue weighted by Crippen LogP contribution is -2.35. The molecule has 0 aliphatic heterocycles. The van der Waals surface area contributed by atoms with Gasteiger partial charge in [-0.2, -0.15) is 0 Å². The first-order valence-corrected chi connectivity index (χ1v) is 11.0. The van der Waals surface area contributed by atoms with Crippen LogP contribution in [0.25, 0.3) is 0 Å². The Balaban J connectivity index is 2.27. The van der Waals surface area contributed by atoms with Gasteiger partial charge in [0.1, 0.15) is 50.9 Å². The molecule has 5 N–H and O–H groups in total. The topological polar surface area (TPSA) is 211 Å². The van der Waals surface area contributed by atoms with Crippen molar-refractivity contribution in [1.82, 2.24) is 0 Å². The molecule has 0 fully saturated rings. The third-order valence-corrected chi connectivity index (χ3v) is 4.91. The highest BCUT2D eigenvalue weighted by molar-refractivity contribution is 5.90. The van der Waals surface area contributed by atoms with Gasteiger partial charge in [-0.25, -0.2) is 4.79 Å². The third-order valence-electron chi connectivity index (χ3n) is 4.91. The summed E-state index contributed by atoms with van der Waals surface area (Å²) in [6, 6.07) is 8.27. The maximum Gasteiger partial charge on any atom is 0.335 e. The molecule has 0 heterocycles. The van der Waals surface area contributed by atoms with E-state index in [0.717, 1.165) is 21.4 Å². The Morgan fingerprint density at radius 3 is 1.42 bits per heavy atom. The van der Waals surface area contributed by atoms with Crippen LogP contribution < -0.4 is 19.3 Å². The van der Waals surface area contributed by atoms with Gasteiger partial charge in [-0.05, 0) is 42.8 Å². The summed E-state index contributed by atoms with van der Waals surface area (Å²) in [6.45, 7) is -1.22. The SMILES string of the molecule is Cc1ccc(N(CC(=O)O)CC(=O)O)c(OCCOc2cc(C(=O)O)ccc2N(CC(=O)O)CC(=O)O)c1. The van der Waals surface area contributed by atoms with Crippen LogP contribution in [-0.4, -0.2) is 94.8 Å². The number of rotatable bonds is 16. The number of carboxylic acids is 5. The number of anilines is 2. The first-order chi connectivity index (χ1) is 17.9. The Morgan fingerprint density at radius 1 is 0.632 bits per heavy atom. The van der Waals surface area contributed by atoms with Gasteiger partial charge < -0.3 is 44.8 Å². The second-order valence-corrected chi connectivity index (χ2v) is 7.94. The molecule has 0 unspecified atom stereocenters. The third kappa shape index (κ3) is 8.89. The molecule has 2 aromatic carbocycles. The van der Waals surface area contributed by atoms with Crippen LogP contribution in [0.2, 0.25) is 0 Å². The van der Waals surface area contributed by atoms with Gasteiger partial charge in [0.2, 0.25) is 0 Å². The molecule has 2 rings (SSSR count). The lowest BCUT2D eigenvalue weighted by atomic mass is 10.1. The summed E-state index contributed by atoms with van der Waals surface area (Å²) in [7, 11) is 0. The predicted molar refractivity (Wildman–Crippen MR) is 131 cm³/mol. The average Bonchev–Trinajstić information content (AvgIpc) is 2.79. The van der Waals surface area contributed by atoms with Gasteiger partial charge >= 0.3 is 29.8 Å². The van der Waals surface area contributed by atoms with Crippen LogP contribution in [0.15, 0.2) is 36.4 Å². The summed E-state index contributed by atoms with van der Waals surface area (Å²) in [6.07, 6.45) is 0. The molecule has 0 aromatic heterocycles. The second-order valence-electron chi connectivity index (χ2n) is 7.94. The average molecular weight is 534 g/mol. The Morgan fingerprint density at radius 2 is 1.03 bits per heavy atom. The van der Waals surface area contributed by atoms with Crippen molar-refractivity contribution in [3.8, 4) is 11.5 Å². The maximum absolute atomic E-state index is 11.4. The molecule has 14 nitrogen and oxygen atoms in total. The minimum Gasteiger partial charge on any atom is -0.488 e. The van der Waals surface area contributed by atoms with Crippen LogP contribution in [0, 0.1) is 6.92 Å². The first kappa shape index (κ1) is 29.2. The second kappa shape index (κ2) is 13.3. The number of benzene rings is 2. The van der Waals surface area contributed by atoms with Crippen molar-refractivity contribution in [2.45, 2.75) is 6.92 Å². The van der Waals surface area contributed by atoms with E-state index in [0.29, 0.717) is 0 Å². The number of aliphatic carboxylic acids is 4. The molecule has 38 heavy (non-hydrogen) atoms. The first-order valence-electron chi connectivity index (χ1n) is 11.0. The minimum atomic E-state index is -1.32. The molecule has 0 bridgehead atoms. The Kier molecular flexibility index (Phi) is 10.3. The zero-order valence-corrected chi connectivity index (χ0v) is 20.2. The summed E-state index contributed by atoms with van der Waals surface area (Å²) in [5.41, 5.74) is 0.798. The summed E-state index contributed by atoms with van der Waals surface area (Å²) in [4.78, 5) is 58.5. The fourth-order valence-corrected chi connectivity index (χ4v) is 3.43. The predicted octanol–water partition coefficient (Wildman–Crippen LogP) is 1.10. The van der Waals surface area contributed by atoms with Crippen LogP contribution in [0.4, 0.5) is 11.4 Å². The summed E-state index contributed by atoms with van der Waals surface area (Å²) >= 11 is 0. The van der Waals surface area contributed by atoms with Gasteiger partial charge in [-0.3, -0.25) is 19.2 Å². The van der Waals surface area contributed by atoms with Crippen molar-refractivity contribution in [2.75, 3.05) is 49.2 Å². The van der Waals surface area contributed by atoms with E-state index in [1.807, 2.05) is 0 Å². The van der Waals surface area contributed by atoms with Crippen LogP contribution in [-0.2, 0) is 19.2 Å². The number of carbonyl (C=O) groups is 5. The molecule has 0 saturated carbocycles. The fraction of sp³-hybridized carbons (Fsp3) is 0.292. The van der Waals surface area contributed by atoms with E-state index in [9.17, 15) is 39.3 Å². The molecule has 0 radical (unpaired) electrons. The normalized spacial score (nSPS) is 10.3. The van der Waals surface area contributed by atoms with Crippen LogP contribution in [0.5, 0.6) is 11.5 Å². The highest BCUT2D eigenvalue weighted by Crippen LogP contribution is 2.31. The highest BCUT2D eigenvalue weighted by Gasteiger charge is 2.21. The van der Waals surface area contributed by atoms with Crippen molar-refractivity contribution in [2.24, 2.45) is 0 Å². The van der Waals surface area contributed by atoms with Gasteiger partial charge in [0.25, 0.3) is 0 Å². The zero-order valence-electron chi connectivity index (χ0n) is 20.2. The smallest absolute Gasteiger partial charge is 0.335 e. The molecule has 0 aliphatic carbocycles. The molecule has 2 aromatic rings. The van der Waals surface area contributed by atoms with E-state index in [1.165, 1.54) is 18.2 Å². The van der Waals surface area contributed by atoms with Crippen LogP contribution >= 0.6 is 0 Å². The number of aromatic carboxylic acids is 1. The van der Waals surface area contributed by atoms with Gasteiger partial charge in [-0.15, -0.1) is 0 Å². The summed E-state index contributed by atoms with van der Waals surface area (Å²) in [5, 5.41) is 46.0. The molecular weight excluding hydrogens is 508 g/mol. The molecule has 0 amide bonds. The Hall–Kier alpha value is -5.01. The maximum atomic E-state index is 11.4. The Bertz CT molecular complexity index is 1180. The van der Waals surface area contributed by atoms with Crippen molar-refractivity contribution in [3.05, 3.63) is 47.5 Å². The van der Waals surface area contributed by atoms with Crippen molar-refractivity contribution < 1.29 is 59.0 Å². The number of ether oxygens (including phenoxy) is 2. The quantitative estimate of drug-likeness (QED) is 0.191. The number of aryl methyl sites for hydroxylation is 1. The standard InChI is InChI=1S/C24H26N2O12/c1-14-2-4-16(25(10-20(27)28)11-21(29)30)18(8-14)37-6-7-38-19-9-15(24(35)36)3-5-17(19)26(12-22(31)32)13-23(33)34/h2-5,8-9H,6-7,10-13H2,1H3,(H,27,28)(H,29,30)(H,31,32)(H,33,34)(H,35,36). The minimum absolute atomic E-state index is 0.0325. The molecule has 14 heteroatoms. The highest BCUT2D eigenvalue weighted by atomic mass is 16.5. The van der Waals surface area contributed by atoms with Crippen LogP contribution in [0.3, 0.4) is 0 Å². The van der Waals surface area contributed by atoms with Crippen molar-refractivity contribution in [3.63, 3.8) is 0 Å². The number of hydrogen-bond donors (Lipinski definition) is 5. The van der Waals surface area contributed by atoms with Gasteiger partial charge in [-0.1, -0.05) is 6.07 Å². The van der Waals surface area contributed by atoms with Gasteiger partial charge in [0, 0.05) is 0 Å². The molecule has 0 atom stereocenters. The van der Waals surface area contributed by atoms with E-state index in [4.69, 9.17) is 19.7 Å². The van der Waals surface area contributed by atoms with Gasteiger partial charge in [0.15, 0.2) is 0 Å². The lowest BCUT2D eigenvalue weighted by molar-refractivity contribution is -0.138. The largest absolute Gasteiger partial charge is 0.488 e. The van der Waals surface area contributed by atoms with Crippen molar-refractivity contribution >= 4 is 41.2 Å². The molecule has 0 saturated heterocycles. The summed E-state index contributed by atoms with van der Waals surface area (Å²) < 4.78 is 11.4. The van der Waals surface area contributed by atoms with Gasteiger partial charge in [0.05, 0.1) is 16.9 Å².